The van der Waals surface area contributed by atoms with Gasteiger partial charge in [0.05, 0.1) is 0 Å². The fourth-order valence-corrected chi connectivity index (χ4v) is 11.3. The van der Waals surface area contributed by atoms with Crippen molar-refractivity contribution in [3.05, 3.63) is 36.5 Å². The molecule has 0 N–H and O–H groups in total. The molecule has 0 amide bonds. The van der Waals surface area contributed by atoms with Gasteiger partial charge in [-0.15, -0.1) is 0 Å². The highest BCUT2D eigenvalue weighted by Gasteiger charge is 2.20. The molecule has 1 atom stereocenters. The second-order valence-electron chi connectivity index (χ2n) is 25.2. The first-order valence-corrected chi connectivity index (χ1v) is 37.0. The zero-order valence-corrected chi connectivity index (χ0v) is 55.5. The summed E-state index contributed by atoms with van der Waals surface area (Å²) in [7, 11) is 0. The second-order valence-corrected chi connectivity index (χ2v) is 25.2. The van der Waals surface area contributed by atoms with Crippen LogP contribution in [0.25, 0.3) is 0 Å². The van der Waals surface area contributed by atoms with Crippen molar-refractivity contribution in [1.29, 1.82) is 0 Å². The number of carbonyl (C=O) groups is 3. The third kappa shape index (κ3) is 68.4. The molecular weight excluding hydrogens is 1010 g/mol. The van der Waals surface area contributed by atoms with Crippen LogP contribution in [0.3, 0.4) is 0 Å². The number of allylic oxidation sites excluding steroid dienone is 6. The Hall–Kier alpha value is -2.37. The van der Waals surface area contributed by atoms with E-state index in [0.29, 0.717) is 19.3 Å². The number of esters is 3. The van der Waals surface area contributed by atoms with Gasteiger partial charge in [-0.05, 0) is 57.8 Å². The first-order chi connectivity index (χ1) is 40.5. The molecule has 0 aromatic rings. The van der Waals surface area contributed by atoms with Crippen LogP contribution in [0, 0.1) is 0 Å². The Morgan fingerprint density at radius 1 is 0.244 bits per heavy atom. The lowest BCUT2D eigenvalue weighted by molar-refractivity contribution is -0.167. The molecule has 1 unspecified atom stereocenters. The fraction of sp³-hybridized carbons (Fsp3) is 0.882. The van der Waals surface area contributed by atoms with E-state index in [4.69, 9.17) is 14.2 Å². The molecule has 0 saturated heterocycles. The van der Waals surface area contributed by atoms with Crippen LogP contribution in [-0.2, 0) is 28.6 Å². The van der Waals surface area contributed by atoms with E-state index in [0.717, 1.165) is 77.0 Å². The monoisotopic (exact) mass is 1150 g/mol. The molecule has 0 radical (unpaired) electrons. The van der Waals surface area contributed by atoms with Crippen molar-refractivity contribution in [2.24, 2.45) is 0 Å². The van der Waals surface area contributed by atoms with E-state index in [1.165, 1.54) is 295 Å². The standard InChI is InChI=1S/C76H142O6/c1-4-7-10-13-16-19-22-25-27-29-31-33-35-36-37-38-39-40-42-43-45-47-49-51-54-57-60-63-66-69-75(78)81-72-73(71-80-74(77)68-65-62-59-56-53-24-21-18-15-12-9-6-3)82-76(79)70-67-64-61-58-55-52-50-48-46-44-41-34-32-30-28-26-23-20-17-14-11-8-5-2/h23,26,30,32,41,44,73H,4-22,24-25,27-29,31,33-40,42-43,45-72H2,1-3H3/b26-23-,32-30-,44-41-. The molecular formula is C76H142O6. The Labute approximate surface area is 512 Å². The van der Waals surface area contributed by atoms with Crippen molar-refractivity contribution >= 4 is 17.9 Å². The Morgan fingerprint density at radius 3 is 0.683 bits per heavy atom. The van der Waals surface area contributed by atoms with Gasteiger partial charge in [0, 0.05) is 19.3 Å². The first kappa shape index (κ1) is 79.6. The normalized spacial score (nSPS) is 12.2. The molecule has 482 valence electrons. The van der Waals surface area contributed by atoms with Crippen LogP contribution in [0.4, 0.5) is 0 Å². The lowest BCUT2D eigenvalue weighted by Gasteiger charge is -2.18. The van der Waals surface area contributed by atoms with E-state index in [1.807, 2.05) is 0 Å². The van der Waals surface area contributed by atoms with Crippen LogP contribution in [0.1, 0.15) is 412 Å². The van der Waals surface area contributed by atoms with E-state index >= 15 is 0 Å². The summed E-state index contributed by atoms with van der Waals surface area (Å²) in [4.78, 5) is 38.4. The molecule has 6 heteroatoms. The summed E-state index contributed by atoms with van der Waals surface area (Å²) in [5.74, 6) is -0.847. The van der Waals surface area contributed by atoms with E-state index in [-0.39, 0.29) is 31.1 Å². The smallest absolute Gasteiger partial charge is 0.306 e. The summed E-state index contributed by atoms with van der Waals surface area (Å²) >= 11 is 0. The zero-order valence-electron chi connectivity index (χ0n) is 55.5. The van der Waals surface area contributed by atoms with Crippen LogP contribution >= 0.6 is 0 Å². The number of carbonyl (C=O) groups excluding carboxylic acids is 3. The van der Waals surface area contributed by atoms with Gasteiger partial charge in [-0.25, -0.2) is 0 Å². The molecule has 0 aromatic heterocycles. The van der Waals surface area contributed by atoms with E-state index in [1.54, 1.807) is 0 Å². The first-order valence-electron chi connectivity index (χ1n) is 37.0. The second kappa shape index (κ2) is 71.1. The molecule has 0 aromatic carbocycles. The van der Waals surface area contributed by atoms with Gasteiger partial charge in [0.25, 0.3) is 0 Å². The lowest BCUT2D eigenvalue weighted by atomic mass is 10.0. The van der Waals surface area contributed by atoms with Gasteiger partial charge in [0.2, 0.25) is 0 Å². The van der Waals surface area contributed by atoms with Crippen molar-refractivity contribution in [2.45, 2.75) is 419 Å². The summed E-state index contributed by atoms with van der Waals surface area (Å²) < 4.78 is 17.0. The van der Waals surface area contributed by atoms with Crippen LogP contribution in [-0.4, -0.2) is 37.2 Å². The maximum Gasteiger partial charge on any atom is 0.306 e. The van der Waals surface area contributed by atoms with Crippen LogP contribution in [0.2, 0.25) is 0 Å². The highest BCUT2D eigenvalue weighted by molar-refractivity contribution is 5.71. The SMILES string of the molecule is CCCCCCC/C=C\C/C=C\C/C=C\CCCCCCCCCCC(=O)OC(COC(=O)CCCCCCCCCCCCCC)COC(=O)CCCCCCCCCCCCCCCCCCCCCCCCCCCCCCC. The molecule has 82 heavy (non-hydrogen) atoms. The summed E-state index contributed by atoms with van der Waals surface area (Å²) in [6, 6.07) is 0. The Bertz CT molecular complexity index is 1370. The minimum absolute atomic E-state index is 0.0694. The average Bonchev–Trinajstić information content (AvgIpc) is 3.47. The van der Waals surface area contributed by atoms with Crippen molar-refractivity contribution < 1.29 is 28.6 Å². The average molecular weight is 1150 g/mol. The molecule has 0 aliphatic rings. The highest BCUT2D eigenvalue weighted by Crippen LogP contribution is 2.19. The zero-order chi connectivity index (χ0) is 59.2. The minimum atomic E-state index is -0.774. The molecule has 0 aliphatic carbocycles. The third-order valence-corrected chi connectivity index (χ3v) is 16.9. The third-order valence-electron chi connectivity index (χ3n) is 16.9. The van der Waals surface area contributed by atoms with Gasteiger partial charge in [0.15, 0.2) is 6.10 Å². The quantitative estimate of drug-likeness (QED) is 0.0261. The number of ether oxygens (including phenoxy) is 3. The predicted molar refractivity (Wildman–Crippen MR) is 358 cm³/mol. The largest absolute Gasteiger partial charge is 0.462 e. The summed E-state index contributed by atoms with van der Waals surface area (Å²) in [6.07, 6.45) is 89.1. The topological polar surface area (TPSA) is 78.9 Å². The summed E-state index contributed by atoms with van der Waals surface area (Å²) in [5, 5.41) is 0. The van der Waals surface area contributed by atoms with Gasteiger partial charge in [-0.3, -0.25) is 14.4 Å². The number of rotatable bonds is 69. The summed E-state index contributed by atoms with van der Waals surface area (Å²) in [6.45, 7) is 6.70. The molecule has 6 nitrogen and oxygen atoms in total. The van der Waals surface area contributed by atoms with Crippen LogP contribution in [0.15, 0.2) is 36.5 Å². The number of hydrogen-bond acceptors (Lipinski definition) is 6. The van der Waals surface area contributed by atoms with E-state index in [2.05, 4.69) is 57.2 Å². The highest BCUT2D eigenvalue weighted by atomic mass is 16.6. The number of hydrogen-bond donors (Lipinski definition) is 0. The molecule has 0 heterocycles. The molecule has 0 rings (SSSR count). The molecule has 0 fully saturated rings. The maximum atomic E-state index is 13.0. The molecule has 0 spiro atoms. The van der Waals surface area contributed by atoms with Crippen LogP contribution in [0.5, 0.6) is 0 Å². The Morgan fingerprint density at radius 2 is 0.439 bits per heavy atom. The summed E-state index contributed by atoms with van der Waals surface area (Å²) in [5.41, 5.74) is 0. The van der Waals surface area contributed by atoms with Gasteiger partial charge in [-0.2, -0.15) is 0 Å². The minimum Gasteiger partial charge on any atom is -0.462 e. The Balaban J connectivity index is 4.17. The lowest BCUT2D eigenvalue weighted by Crippen LogP contribution is -2.30. The van der Waals surface area contributed by atoms with Crippen LogP contribution < -0.4 is 0 Å². The van der Waals surface area contributed by atoms with Gasteiger partial charge in [-0.1, -0.05) is 372 Å². The predicted octanol–water partition coefficient (Wildman–Crippen LogP) is 25.5. The fourth-order valence-electron chi connectivity index (χ4n) is 11.3. The maximum absolute atomic E-state index is 13.0. The van der Waals surface area contributed by atoms with Crippen molar-refractivity contribution in [3.8, 4) is 0 Å². The van der Waals surface area contributed by atoms with Crippen molar-refractivity contribution in [2.75, 3.05) is 13.2 Å². The Kier molecular flexibility index (Phi) is 69.1. The molecule has 0 aliphatic heterocycles. The van der Waals surface area contributed by atoms with E-state index < -0.39 is 6.10 Å². The van der Waals surface area contributed by atoms with Gasteiger partial charge < -0.3 is 14.2 Å². The van der Waals surface area contributed by atoms with Gasteiger partial charge in [0.1, 0.15) is 13.2 Å². The van der Waals surface area contributed by atoms with Crippen molar-refractivity contribution in [1.82, 2.24) is 0 Å². The molecule has 0 saturated carbocycles. The van der Waals surface area contributed by atoms with E-state index in [9.17, 15) is 14.4 Å². The van der Waals surface area contributed by atoms with Crippen molar-refractivity contribution in [3.63, 3.8) is 0 Å². The molecule has 0 bridgehead atoms. The van der Waals surface area contributed by atoms with Gasteiger partial charge >= 0.3 is 17.9 Å². The number of unbranched alkanes of at least 4 members (excludes halogenated alkanes) is 52.